The average molecular weight is 378 g/mol. The molecule has 1 aromatic heterocycles. The zero-order chi connectivity index (χ0) is 19.9. The third kappa shape index (κ3) is 4.38. The van der Waals surface area contributed by atoms with E-state index in [2.05, 4.69) is 112 Å². The standard InChI is InChI=1S/C25H22N4/c1-2-23(20-9-5-3-6-10-20)25(21-11-7-4-8-12-21)22-16-13-19(14-17-22)15-18-24-26-28-29-27-24/h3-18H,2H2,1H3,(H,26,27,28,29)/b18-15?,25-23-. The van der Waals surface area contributed by atoms with Crippen LogP contribution in [-0.2, 0) is 0 Å². The molecule has 4 aromatic rings. The average Bonchev–Trinajstić information content (AvgIpc) is 3.31. The van der Waals surface area contributed by atoms with E-state index in [1.165, 1.54) is 27.8 Å². The molecule has 1 heterocycles. The lowest BCUT2D eigenvalue weighted by Gasteiger charge is -2.16. The molecular formula is C25H22N4. The number of nitrogens with one attached hydrogen (secondary N) is 1. The minimum Gasteiger partial charge on any atom is -0.177 e. The molecule has 142 valence electrons. The van der Waals surface area contributed by atoms with Gasteiger partial charge in [-0.2, -0.15) is 5.21 Å². The van der Waals surface area contributed by atoms with E-state index in [1.807, 2.05) is 12.2 Å². The number of H-pyrrole nitrogens is 1. The van der Waals surface area contributed by atoms with Gasteiger partial charge in [-0.05, 0) is 51.1 Å². The monoisotopic (exact) mass is 378 g/mol. The second kappa shape index (κ2) is 8.93. The second-order valence-electron chi connectivity index (χ2n) is 6.66. The molecule has 4 nitrogen and oxygen atoms in total. The Labute approximate surface area is 170 Å². The van der Waals surface area contributed by atoms with Crippen molar-refractivity contribution in [1.29, 1.82) is 0 Å². The molecule has 0 unspecified atom stereocenters. The number of aromatic nitrogens is 4. The van der Waals surface area contributed by atoms with E-state index in [1.54, 1.807) is 0 Å². The summed E-state index contributed by atoms with van der Waals surface area (Å²) in [6, 6.07) is 29.8. The summed E-state index contributed by atoms with van der Waals surface area (Å²) in [5.74, 6) is 0.566. The van der Waals surface area contributed by atoms with Gasteiger partial charge >= 0.3 is 0 Å². The van der Waals surface area contributed by atoms with E-state index in [0.717, 1.165) is 12.0 Å². The van der Waals surface area contributed by atoms with Crippen molar-refractivity contribution in [2.75, 3.05) is 0 Å². The van der Waals surface area contributed by atoms with Gasteiger partial charge in [-0.3, -0.25) is 0 Å². The van der Waals surface area contributed by atoms with Crippen LogP contribution in [-0.4, -0.2) is 20.6 Å². The fraction of sp³-hybridized carbons (Fsp3) is 0.0800. The Morgan fingerprint density at radius 2 is 1.38 bits per heavy atom. The number of nitrogens with zero attached hydrogens (tertiary/aromatic N) is 3. The molecule has 0 aliphatic heterocycles. The molecule has 0 radical (unpaired) electrons. The Morgan fingerprint density at radius 3 is 1.97 bits per heavy atom. The fourth-order valence-electron chi connectivity index (χ4n) is 3.46. The maximum atomic E-state index is 3.94. The van der Waals surface area contributed by atoms with Crippen molar-refractivity contribution in [2.45, 2.75) is 13.3 Å². The number of allylic oxidation sites excluding steroid dienone is 1. The predicted octanol–water partition coefficient (Wildman–Crippen LogP) is 5.74. The maximum Gasteiger partial charge on any atom is 0.197 e. The quantitative estimate of drug-likeness (QED) is 0.435. The van der Waals surface area contributed by atoms with Crippen LogP contribution >= 0.6 is 0 Å². The zero-order valence-corrected chi connectivity index (χ0v) is 16.3. The summed E-state index contributed by atoms with van der Waals surface area (Å²) in [4.78, 5) is 0. The highest BCUT2D eigenvalue weighted by molar-refractivity contribution is 5.98. The first kappa shape index (κ1) is 18.6. The van der Waals surface area contributed by atoms with Gasteiger partial charge in [0.05, 0.1) is 0 Å². The molecule has 0 amide bonds. The van der Waals surface area contributed by atoms with E-state index >= 15 is 0 Å². The van der Waals surface area contributed by atoms with Gasteiger partial charge in [0.2, 0.25) is 0 Å². The summed E-state index contributed by atoms with van der Waals surface area (Å²) in [5, 5.41) is 13.9. The van der Waals surface area contributed by atoms with Gasteiger partial charge in [0, 0.05) is 0 Å². The molecule has 0 aliphatic carbocycles. The highest BCUT2D eigenvalue weighted by Crippen LogP contribution is 2.34. The van der Waals surface area contributed by atoms with E-state index in [0.29, 0.717) is 5.82 Å². The predicted molar refractivity (Wildman–Crippen MR) is 119 cm³/mol. The lowest BCUT2D eigenvalue weighted by molar-refractivity contribution is 0.881. The smallest absolute Gasteiger partial charge is 0.177 e. The fourth-order valence-corrected chi connectivity index (χ4v) is 3.46. The normalized spacial score (nSPS) is 12.2. The van der Waals surface area contributed by atoms with Crippen molar-refractivity contribution >= 4 is 23.3 Å². The van der Waals surface area contributed by atoms with Gasteiger partial charge in [0.1, 0.15) is 0 Å². The van der Waals surface area contributed by atoms with Gasteiger partial charge in [-0.25, -0.2) is 0 Å². The molecule has 0 aliphatic rings. The van der Waals surface area contributed by atoms with Crippen LogP contribution in [0, 0.1) is 0 Å². The lowest BCUT2D eigenvalue weighted by Crippen LogP contribution is -1.95. The summed E-state index contributed by atoms with van der Waals surface area (Å²) in [5.41, 5.74) is 7.38. The topological polar surface area (TPSA) is 54.5 Å². The van der Waals surface area contributed by atoms with Crippen LogP contribution in [0.1, 0.15) is 41.4 Å². The Morgan fingerprint density at radius 1 is 0.759 bits per heavy atom. The molecule has 0 fully saturated rings. The first-order valence-electron chi connectivity index (χ1n) is 9.71. The summed E-state index contributed by atoms with van der Waals surface area (Å²) in [6.07, 6.45) is 4.78. The first-order valence-corrected chi connectivity index (χ1v) is 9.71. The highest BCUT2D eigenvalue weighted by Gasteiger charge is 2.12. The van der Waals surface area contributed by atoms with Crippen molar-refractivity contribution in [3.05, 3.63) is 113 Å². The molecule has 0 atom stereocenters. The molecule has 4 heteroatoms. The van der Waals surface area contributed by atoms with Crippen LogP contribution < -0.4 is 0 Å². The van der Waals surface area contributed by atoms with E-state index < -0.39 is 0 Å². The molecular weight excluding hydrogens is 356 g/mol. The van der Waals surface area contributed by atoms with Crippen LogP contribution in [0.25, 0.3) is 23.3 Å². The van der Waals surface area contributed by atoms with Crippen LogP contribution in [0.3, 0.4) is 0 Å². The molecule has 3 aromatic carbocycles. The van der Waals surface area contributed by atoms with Crippen molar-refractivity contribution in [3.8, 4) is 0 Å². The number of rotatable bonds is 6. The summed E-state index contributed by atoms with van der Waals surface area (Å²) < 4.78 is 0. The SMILES string of the molecule is CC/C(=C(\c1ccccc1)c1ccc(C=Cc2nn[nH]n2)cc1)c1ccccc1. The van der Waals surface area contributed by atoms with Gasteiger partial charge in [0.25, 0.3) is 0 Å². The van der Waals surface area contributed by atoms with Gasteiger partial charge < -0.3 is 0 Å². The third-order valence-electron chi connectivity index (χ3n) is 4.83. The molecule has 0 saturated carbocycles. The Kier molecular flexibility index (Phi) is 5.72. The van der Waals surface area contributed by atoms with Gasteiger partial charge in [-0.1, -0.05) is 97.9 Å². The Bertz CT molecular complexity index is 1090. The lowest BCUT2D eigenvalue weighted by atomic mass is 9.88. The van der Waals surface area contributed by atoms with Crippen molar-refractivity contribution in [1.82, 2.24) is 20.6 Å². The molecule has 0 spiro atoms. The largest absolute Gasteiger partial charge is 0.197 e. The van der Waals surface area contributed by atoms with E-state index in [-0.39, 0.29) is 0 Å². The maximum absolute atomic E-state index is 3.94. The molecule has 0 saturated heterocycles. The molecule has 4 rings (SSSR count). The second-order valence-corrected chi connectivity index (χ2v) is 6.66. The minimum absolute atomic E-state index is 0.566. The van der Waals surface area contributed by atoms with Crippen LogP contribution in [0.5, 0.6) is 0 Å². The molecule has 1 N–H and O–H groups in total. The number of benzene rings is 3. The van der Waals surface area contributed by atoms with Gasteiger partial charge in [-0.15, -0.1) is 10.2 Å². The Balaban J connectivity index is 1.77. The van der Waals surface area contributed by atoms with Crippen LogP contribution in [0.2, 0.25) is 0 Å². The first-order chi connectivity index (χ1) is 14.3. The highest BCUT2D eigenvalue weighted by atomic mass is 15.5. The third-order valence-corrected chi connectivity index (χ3v) is 4.83. The summed E-state index contributed by atoms with van der Waals surface area (Å²) in [7, 11) is 0. The Hall–Kier alpha value is -3.79. The van der Waals surface area contributed by atoms with Crippen molar-refractivity contribution < 1.29 is 0 Å². The van der Waals surface area contributed by atoms with Crippen molar-refractivity contribution in [2.24, 2.45) is 0 Å². The van der Waals surface area contributed by atoms with E-state index in [9.17, 15) is 0 Å². The molecule has 0 bridgehead atoms. The molecule has 29 heavy (non-hydrogen) atoms. The van der Waals surface area contributed by atoms with Crippen LogP contribution in [0.4, 0.5) is 0 Å². The van der Waals surface area contributed by atoms with Gasteiger partial charge in [0.15, 0.2) is 5.82 Å². The number of tetrazole rings is 1. The summed E-state index contributed by atoms with van der Waals surface area (Å²) in [6.45, 7) is 2.22. The number of hydrogen-bond acceptors (Lipinski definition) is 3. The van der Waals surface area contributed by atoms with Crippen molar-refractivity contribution in [3.63, 3.8) is 0 Å². The number of aromatic amines is 1. The minimum atomic E-state index is 0.566. The summed E-state index contributed by atoms with van der Waals surface area (Å²) >= 11 is 0. The zero-order valence-electron chi connectivity index (χ0n) is 16.3. The van der Waals surface area contributed by atoms with E-state index in [4.69, 9.17) is 0 Å². The number of hydrogen-bond donors (Lipinski definition) is 1. The van der Waals surface area contributed by atoms with Crippen LogP contribution in [0.15, 0.2) is 84.9 Å².